The molecule has 1 atom stereocenters. The number of rotatable bonds is 17. The summed E-state index contributed by atoms with van der Waals surface area (Å²) in [5.41, 5.74) is 0.563. The Kier molecular flexibility index (Phi) is 15.3. The van der Waals surface area contributed by atoms with Crippen molar-refractivity contribution in [3.63, 3.8) is 0 Å². The molecule has 0 N–H and O–H groups in total. The van der Waals surface area contributed by atoms with Gasteiger partial charge in [0, 0.05) is 0 Å². The van der Waals surface area contributed by atoms with Gasteiger partial charge in [0.1, 0.15) is 0 Å². The average Bonchev–Trinajstić information content (AvgIpc) is 2.53. The van der Waals surface area contributed by atoms with Crippen LogP contribution < -0.4 is 0 Å². The topological polar surface area (TPSA) is 0 Å². The summed E-state index contributed by atoms with van der Waals surface area (Å²) in [6.07, 6.45) is 21.4. The van der Waals surface area contributed by atoms with E-state index in [9.17, 15) is 0 Å². The molecule has 24 heavy (non-hydrogen) atoms. The summed E-state index contributed by atoms with van der Waals surface area (Å²) < 4.78 is 0. The van der Waals surface area contributed by atoms with Gasteiger partial charge < -0.3 is 0 Å². The van der Waals surface area contributed by atoms with Gasteiger partial charge in [-0.1, -0.05) is 125 Å². The van der Waals surface area contributed by atoms with Gasteiger partial charge in [0.2, 0.25) is 0 Å². The molecule has 0 aromatic carbocycles. The summed E-state index contributed by atoms with van der Waals surface area (Å²) in [5.74, 6) is 1.99. The van der Waals surface area contributed by atoms with Crippen molar-refractivity contribution in [3.05, 3.63) is 0 Å². The van der Waals surface area contributed by atoms with Crippen LogP contribution in [0.1, 0.15) is 138 Å². The minimum absolute atomic E-state index is 0.563. The molecule has 0 aliphatic carbocycles. The van der Waals surface area contributed by atoms with Gasteiger partial charge in [-0.05, 0) is 30.1 Å². The third kappa shape index (κ3) is 12.4. The fraction of sp³-hybridized carbons (Fsp3) is 1.00. The van der Waals surface area contributed by atoms with Crippen LogP contribution in [0, 0.1) is 17.3 Å². The molecule has 0 nitrogen and oxygen atoms in total. The van der Waals surface area contributed by atoms with Crippen LogP contribution >= 0.6 is 0 Å². The van der Waals surface area contributed by atoms with Crippen LogP contribution in [0.2, 0.25) is 0 Å². The molecule has 0 saturated heterocycles. The van der Waals surface area contributed by atoms with E-state index in [1.165, 1.54) is 96.3 Å². The summed E-state index contributed by atoms with van der Waals surface area (Å²) in [6.45, 7) is 14.4. The van der Waals surface area contributed by atoms with E-state index in [0.29, 0.717) is 5.41 Å². The average molecular weight is 339 g/mol. The minimum Gasteiger partial charge on any atom is -0.0654 e. The van der Waals surface area contributed by atoms with E-state index in [-0.39, 0.29) is 0 Å². The maximum absolute atomic E-state index is 2.51. The Labute approximate surface area is 155 Å². The lowest BCUT2D eigenvalue weighted by atomic mass is 9.76. The molecule has 0 heterocycles. The van der Waals surface area contributed by atoms with Gasteiger partial charge in [0.05, 0.1) is 0 Å². The standard InChI is InChI=1S/C24H50/c1-7-11-12-13-14-20-24(5,6)21-15-19-23(18-10-4)22(16-8-2)17-9-3/h22-23H,7-21H2,1-6H3. The maximum atomic E-state index is 2.51. The molecule has 0 radical (unpaired) electrons. The summed E-state index contributed by atoms with van der Waals surface area (Å²) in [7, 11) is 0. The summed E-state index contributed by atoms with van der Waals surface area (Å²) >= 11 is 0. The second-order valence-electron chi connectivity index (χ2n) is 9.11. The smallest absolute Gasteiger partial charge is 0.0354 e. The van der Waals surface area contributed by atoms with Gasteiger partial charge >= 0.3 is 0 Å². The van der Waals surface area contributed by atoms with Gasteiger partial charge in [-0.2, -0.15) is 0 Å². The lowest BCUT2D eigenvalue weighted by Crippen LogP contribution is -2.17. The minimum atomic E-state index is 0.563. The number of hydrogen-bond acceptors (Lipinski definition) is 0. The van der Waals surface area contributed by atoms with Crippen LogP contribution in [0.3, 0.4) is 0 Å². The van der Waals surface area contributed by atoms with Crippen LogP contribution in [0.25, 0.3) is 0 Å². The van der Waals surface area contributed by atoms with Crippen molar-refractivity contribution in [2.75, 3.05) is 0 Å². The third-order valence-electron chi connectivity index (χ3n) is 6.03. The zero-order valence-electron chi connectivity index (χ0n) is 18.3. The van der Waals surface area contributed by atoms with Gasteiger partial charge in [0.15, 0.2) is 0 Å². The van der Waals surface area contributed by atoms with Gasteiger partial charge in [-0.15, -0.1) is 0 Å². The van der Waals surface area contributed by atoms with Crippen molar-refractivity contribution in [2.24, 2.45) is 17.3 Å². The SMILES string of the molecule is CCCCCCCC(C)(C)CCCC(CCC)C(CCC)CCC. The largest absolute Gasteiger partial charge is 0.0654 e. The molecule has 0 bridgehead atoms. The lowest BCUT2D eigenvalue weighted by Gasteiger charge is -2.29. The second kappa shape index (κ2) is 15.3. The van der Waals surface area contributed by atoms with E-state index in [1.807, 2.05) is 0 Å². The number of hydrogen-bond donors (Lipinski definition) is 0. The summed E-state index contributed by atoms with van der Waals surface area (Å²) in [4.78, 5) is 0. The highest BCUT2D eigenvalue weighted by Gasteiger charge is 2.22. The van der Waals surface area contributed by atoms with Crippen molar-refractivity contribution in [1.29, 1.82) is 0 Å². The van der Waals surface area contributed by atoms with E-state index >= 15 is 0 Å². The molecule has 0 aliphatic rings. The first-order chi connectivity index (χ1) is 11.5. The molecule has 0 heteroatoms. The fourth-order valence-electron chi connectivity index (χ4n) is 4.52. The first kappa shape index (κ1) is 24.0. The molecule has 0 saturated carbocycles. The Morgan fingerprint density at radius 2 is 0.958 bits per heavy atom. The quantitative estimate of drug-likeness (QED) is 0.232. The molecule has 0 aliphatic heterocycles. The Morgan fingerprint density at radius 3 is 1.46 bits per heavy atom. The molecule has 0 amide bonds. The van der Waals surface area contributed by atoms with Gasteiger partial charge in [-0.25, -0.2) is 0 Å². The fourth-order valence-corrected chi connectivity index (χ4v) is 4.52. The monoisotopic (exact) mass is 338 g/mol. The first-order valence-electron chi connectivity index (χ1n) is 11.5. The predicted octanol–water partition coefficient (Wildman–Crippen LogP) is 9.18. The Morgan fingerprint density at radius 1 is 0.500 bits per heavy atom. The highest BCUT2D eigenvalue weighted by Crippen LogP contribution is 2.35. The molecule has 146 valence electrons. The van der Waals surface area contributed by atoms with Crippen molar-refractivity contribution in [1.82, 2.24) is 0 Å². The van der Waals surface area contributed by atoms with E-state index in [2.05, 4.69) is 41.5 Å². The zero-order chi connectivity index (χ0) is 18.3. The second-order valence-corrected chi connectivity index (χ2v) is 9.11. The number of unbranched alkanes of at least 4 members (excludes halogenated alkanes) is 4. The van der Waals surface area contributed by atoms with Crippen LogP contribution in [0.4, 0.5) is 0 Å². The lowest BCUT2D eigenvalue weighted by molar-refractivity contribution is 0.224. The van der Waals surface area contributed by atoms with Gasteiger partial charge in [0.25, 0.3) is 0 Å². The highest BCUT2D eigenvalue weighted by atomic mass is 14.3. The van der Waals surface area contributed by atoms with Crippen LogP contribution in [0.5, 0.6) is 0 Å². The van der Waals surface area contributed by atoms with Crippen molar-refractivity contribution in [2.45, 2.75) is 138 Å². The van der Waals surface area contributed by atoms with Crippen LogP contribution in [0.15, 0.2) is 0 Å². The molecule has 0 aromatic heterocycles. The van der Waals surface area contributed by atoms with Crippen molar-refractivity contribution >= 4 is 0 Å². The Bertz CT molecular complexity index is 247. The Balaban J connectivity index is 4.18. The zero-order valence-corrected chi connectivity index (χ0v) is 18.3. The van der Waals surface area contributed by atoms with Crippen LogP contribution in [-0.2, 0) is 0 Å². The van der Waals surface area contributed by atoms with Crippen molar-refractivity contribution in [3.8, 4) is 0 Å². The van der Waals surface area contributed by atoms with E-state index in [4.69, 9.17) is 0 Å². The van der Waals surface area contributed by atoms with E-state index in [1.54, 1.807) is 0 Å². The first-order valence-corrected chi connectivity index (χ1v) is 11.5. The maximum Gasteiger partial charge on any atom is -0.0354 e. The molecule has 0 rings (SSSR count). The third-order valence-corrected chi connectivity index (χ3v) is 6.03. The van der Waals surface area contributed by atoms with Gasteiger partial charge in [-0.3, -0.25) is 0 Å². The van der Waals surface area contributed by atoms with Crippen LogP contribution in [-0.4, -0.2) is 0 Å². The summed E-state index contributed by atoms with van der Waals surface area (Å²) in [5, 5.41) is 0. The molecular formula is C24H50. The molecule has 0 aromatic rings. The summed E-state index contributed by atoms with van der Waals surface area (Å²) in [6, 6.07) is 0. The normalized spacial score (nSPS) is 13.6. The molecule has 1 unspecified atom stereocenters. The van der Waals surface area contributed by atoms with E-state index in [0.717, 1.165) is 11.8 Å². The highest BCUT2D eigenvalue weighted by molar-refractivity contribution is 4.74. The van der Waals surface area contributed by atoms with E-state index < -0.39 is 0 Å². The molecule has 0 fully saturated rings. The Hall–Kier alpha value is 0. The molecular weight excluding hydrogens is 288 g/mol. The predicted molar refractivity (Wildman–Crippen MR) is 113 cm³/mol. The molecule has 0 spiro atoms. The van der Waals surface area contributed by atoms with Crippen molar-refractivity contribution < 1.29 is 0 Å².